The Balaban J connectivity index is 1.97. The first-order chi connectivity index (χ1) is 8.47. The predicted molar refractivity (Wildman–Crippen MR) is 72.9 cm³/mol. The first-order valence-corrected chi connectivity index (χ1v) is 6.91. The monoisotopic (exact) mass is 271 g/mol. The number of hydrogen-bond acceptors (Lipinski definition) is 5. The second-order valence-electron chi connectivity index (χ2n) is 4.85. The molecule has 0 saturated heterocycles. The highest BCUT2D eigenvalue weighted by Crippen LogP contribution is 2.06. The molecule has 1 rings (SSSR count). The smallest absolute Gasteiger partial charge is 0.407 e. The van der Waals surface area contributed by atoms with Crippen LogP contribution in [0.5, 0.6) is 0 Å². The second kappa shape index (κ2) is 7.33. The molecule has 5 nitrogen and oxygen atoms in total. The number of nitrogens with one attached hydrogen (secondary N) is 2. The second-order valence-corrected chi connectivity index (χ2v) is 5.83. The van der Waals surface area contributed by atoms with Gasteiger partial charge in [0.1, 0.15) is 5.60 Å². The van der Waals surface area contributed by atoms with Crippen LogP contribution in [0.15, 0.2) is 11.6 Å². The highest BCUT2D eigenvalue weighted by Gasteiger charge is 2.15. The van der Waals surface area contributed by atoms with Gasteiger partial charge in [0.05, 0.1) is 5.01 Å². The minimum absolute atomic E-state index is 0.371. The van der Waals surface area contributed by atoms with Gasteiger partial charge in [-0.25, -0.2) is 9.78 Å². The Kier molecular flexibility index (Phi) is 6.07. The van der Waals surface area contributed by atoms with Gasteiger partial charge in [0.25, 0.3) is 0 Å². The lowest BCUT2D eigenvalue weighted by Crippen LogP contribution is -2.36. The lowest BCUT2D eigenvalue weighted by molar-refractivity contribution is 0.0528. The van der Waals surface area contributed by atoms with E-state index in [-0.39, 0.29) is 6.09 Å². The third-order valence-electron chi connectivity index (χ3n) is 1.97. The van der Waals surface area contributed by atoms with Crippen molar-refractivity contribution in [2.45, 2.75) is 32.8 Å². The molecule has 0 saturated carbocycles. The fourth-order valence-corrected chi connectivity index (χ4v) is 1.88. The summed E-state index contributed by atoms with van der Waals surface area (Å²) in [6.07, 6.45) is 2.36. The highest BCUT2D eigenvalue weighted by atomic mass is 32.1. The van der Waals surface area contributed by atoms with Crippen molar-refractivity contribution in [3.63, 3.8) is 0 Å². The minimum Gasteiger partial charge on any atom is -0.444 e. The normalized spacial score (nSPS) is 11.3. The van der Waals surface area contributed by atoms with Crippen molar-refractivity contribution in [2.24, 2.45) is 0 Å². The van der Waals surface area contributed by atoms with Crippen LogP contribution in [0, 0.1) is 0 Å². The summed E-state index contributed by atoms with van der Waals surface area (Å²) in [6.45, 7) is 7.69. The summed E-state index contributed by atoms with van der Waals surface area (Å²) in [6, 6.07) is 0. The molecule has 0 aromatic carbocycles. The summed E-state index contributed by atoms with van der Waals surface area (Å²) in [5, 5.41) is 9.03. The van der Waals surface area contributed by atoms with Crippen LogP contribution in [0.25, 0.3) is 0 Å². The van der Waals surface area contributed by atoms with E-state index >= 15 is 0 Å². The molecule has 2 N–H and O–H groups in total. The highest BCUT2D eigenvalue weighted by molar-refractivity contribution is 7.09. The van der Waals surface area contributed by atoms with Crippen LogP contribution in [0.3, 0.4) is 0 Å². The maximum Gasteiger partial charge on any atom is 0.407 e. The minimum atomic E-state index is -0.442. The van der Waals surface area contributed by atoms with E-state index in [1.165, 1.54) is 0 Å². The standard InChI is InChI=1S/C12H21N3O2S/c1-12(2,3)17-11(16)15-7-6-13-5-4-10-14-8-9-18-10/h8-9,13H,4-7H2,1-3H3,(H,15,16). The zero-order valence-electron chi connectivity index (χ0n) is 11.2. The van der Waals surface area contributed by atoms with Crippen molar-refractivity contribution in [2.75, 3.05) is 19.6 Å². The molecule has 0 aliphatic carbocycles. The van der Waals surface area contributed by atoms with E-state index in [4.69, 9.17) is 4.74 Å². The number of hydrogen-bond donors (Lipinski definition) is 2. The number of carbonyl (C=O) groups is 1. The number of nitrogens with zero attached hydrogens (tertiary/aromatic N) is 1. The Morgan fingerprint density at radius 3 is 2.78 bits per heavy atom. The summed E-state index contributed by atoms with van der Waals surface area (Å²) in [7, 11) is 0. The summed E-state index contributed by atoms with van der Waals surface area (Å²) < 4.78 is 5.12. The SMILES string of the molecule is CC(C)(C)OC(=O)NCCNCCc1nccs1. The molecule has 1 aromatic rings. The van der Waals surface area contributed by atoms with Gasteiger partial charge >= 0.3 is 6.09 Å². The Labute approximate surface area is 112 Å². The number of carbonyl (C=O) groups excluding carboxylic acids is 1. The van der Waals surface area contributed by atoms with Crippen molar-refractivity contribution >= 4 is 17.4 Å². The van der Waals surface area contributed by atoms with Crippen molar-refractivity contribution in [1.82, 2.24) is 15.6 Å². The zero-order chi connectivity index (χ0) is 13.4. The van der Waals surface area contributed by atoms with Gasteiger partial charge in [-0.15, -0.1) is 11.3 Å². The quantitative estimate of drug-likeness (QED) is 0.774. The van der Waals surface area contributed by atoms with E-state index < -0.39 is 5.60 Å². The molecule has 0 aliphatic rings. The summed E-state index contributed by atoms with van der Waals surface area (Å²) in [5.74, 6) is 0. The summed E-state index contributed by atoms with van der Waals surface area (Å²) >= 11 is 1.66. The number of aromatic nitrogens is 1. The van der Waals surface area contributed by atoms with Gasteiger partial charge in [0.15, 0.2) is 0 Å². The number of rotatable bonds is 6. The molecule has 1 heterocycles. The Morgan fingerprint density at radius 1 is 1.39 bits per heavy atom. The molecule has 0 unspecified atom stereocenters. The van der Waals surface area contributed by atoms with E-state index in [0.717, 1.165) is 24.5 Å². The molecule has 1 amide bonds. The van der Waals surface area contributed by atoms with Crippen LogP contribution in [0.4, 0.5) is 4.79 Å². The van der Waals surface area contributed by atoms with Gasteiger partial charge in [-0.1, -0.05) is 0 Å². The van der Waals surface area contributed by atoms with Crippen molar-refractivity contribution in [1.29, 1.82) is 0 Å². The average Bonchev–Trinajstić information content (AvgIpc) is 2.73. The molecule has 1 aromatic heterocycles. The van der Waals surface area contributed by atoms with Gasteiger partial charge in [0, 0.05) is 37.6 Å². The molecule has 18 heavy (non-hydrogen) atoms. The van der Waals surface area contributed by atoms with Gasteiger partial charge < -0.3 is 15.4 Å². The van der Waals surface area contributed by atoms with Crippen molar-refractivity contribution < 1.29 is 9.53 Å². The Hall–Kier alpha value is -1.14. The third-order valence-corrected chi connectivity index (χ3v) is 2.81. The molecule has 0 fully saturated rings. The number of thiazole rings is 1. The van der Waals surface area contributed by atoms with Crippen LogP contribution in [0.2, 0.25) is 0 Å². The van der Waals surface area contributed by atoms with Gasteiger partial charge in [-0.2, -0.15) is 0 Å². The lowest BCUT2D eigenvalue weighted by atomic mass is 10.2. The molecule has 0 spiro atoms. The number of amides is 1. The topological polar surface area (TPSA) is 63.2 Å². The van der Waals surface area contributed by atoms with Crippen LogP contribution in [-0.2, 0) is 11.2 Å². The lowest BCUT2D eigenvalue weighted by Gasteiger charge is -2.19. The van der Waals surface area contributed by atoms with E-state index in [1.807, 2.05) is 32.3 Å². The van der Waals surface area contributed by atoms with E-state index in [2.05, 4.69) is 15.6 Å². The van der Waals surface area contributed by atoms with Gasteiger partial charge in [-0.3, -0.25) is 0 Å². The number of alkyl carbamates (subject to hydrolysis) is 1. The molecule has 6 heteroatoms. The van der Waals surface area contributed by atoms with Crippen LogP contribution < -0.4 is 10.6 Å². The summed E-state index contributed by atoms with van der Waals surface area (Å²) in [4.78, 5) is 15.5. The van der Waals surface area contributed by atoms with Gasteiger partial charge in [0.2, 0.25) is 0 Å². The number of ether oxygens (including phenoxy) is 1. The van der Waals surface area contributed by atoms with Gasteiger partial charge in [-0.05, 0) is 20.8 Å². The predicted octanol–water partition coefficient (Wildman–Crippen LogP) is 1.80. The van der Waals surface area contributed by atoms with Crippen LogP contribution in [0.1, 0.15) is 25.8 Å². The maximum atomic E-state index is 11.3. The van der Waals surface area contributed by atoms with Crippen molar-refractivity contribution in [3.05, 3.63) is 16.6 Å². The first-order valence-electron chi connectivity index (χ1n) is 6.03. The van der Waals surface area contributed by atoms with Crippen LogP contribution >= 0.6 is 11.3 Å². The Bertz CT molecular complexity index is 347. The van der Waals surface area contributed by atoms with E-state index in [9.17, 15) is 4.79 Å². The molecule has 0 atom stereocenters. The third kappa shape index (κ3) is 7.24. The molecule has 102 valence electrons. The molecule has 0 aliphatic heterocycles. The summed E-state index contributed by atoms with van der Waals surface area (Å²) in [5.41, 5.74) is -0.442. The zero-order valence-corrected chi connectivity index (χ0v) is 12.0. The van der Waals surface area contributed by atoms with E-state index in [0.29, 0.717) is 6.54 Å². The molecule has 0 radical (unpaired) electrons. The Morgan fingerprint density at radius 2 is 2.17 bits per heavy atom. The fourth-order valence-electron chi connectivity index (χ4n) is 1.26. The van der Waals surface area contributed by atoms with Crippen LogP contribution in [-0.4, -0.2) is 36.3 Å². The molecule has 0 bridgehead atoms. The first kappa shape index (κ1) is 14.9. The fraction of sp³-hybridized carbons (Fsp3) is 0.667. The largest absolute Gasteiger partial charge is 0.444 e. The van der Waals surface area contributed by atoms with E-state index in [1.54, 1.807) is 11.3 Å². The molecular weight excluding hydrogens is 250 g/mol. The molecular formula is C12H21N3O2S. The maximum absolute atomic E-state index is 11.3. The van der Waals surface area contributed by atoms with Crippen molar-refractivity contribution in [3.8, 4) is 0 Å². The average molecular weight is 271 g/mol.